The molecule has 4 heteroatoms. The van der Waals surface area contributed by atoms with Crippen LogP contribution in [0.4, 0.5) is 5.88 Å². The van der Waals surface area contributed by atoms with Crippen LogP contribution in [-0.4, -0.2) is 17.9 Å². The molecule has 0 spiro atoms. The Morgan fingerprint density at radius 3 is 2.80 bits per heavy atom. The molecule has 2 N–H and O–H groups in total. The predicted molar refractivity (Wildman–Crippen MR) is 78.3 cm³/mol. The summed E-state index contributed by atoms with van der Waals surface area (Å²) >= 11 is 0. The average molecular weight is 272 g/mol. The first-order chi connectivity index (χ1) is 9.84. The highest BCUT2D eigenvalue weighted by Crippen LogP contribution is 2.31. The number of ether oxygens (including phenoxy) is 1. The first kappa shape index (κ1) is 13.2. The summed E-state index contributed by atoms with van der Waals surface area (Å²) < 4.78 is 10.9. The van der Waals surface area contributed by atoms with Gasteiger partial charge in [0.15, 0.2) is 0 Å². The zero-order valence-corrected chi connectivity index (χ0v) is 11.5. The summed E-state index contributed by atoms with van der Waals surface area (Å²) in [5.74, 6) is 0.399. The number of nitrogens with zero attached hydrogens (tertiary/aromatic N) is 1. The number of nitrogen functional groups attached to an aromatic ring is 1. The lowest BCUT2D eigenvalue weighted by molar-refractivity contribution is 0.0113. The zero-order chi connectivity index (χ0) is 13.8. The van der Waals surface area contributed by atoms with Crippen LogP contribution in [0.15, 0.2) is 34.9 Å². The molecule has 1 aliphatic heterocycles. The maximum atomic E-state index is 5.92. The van der Waals surface area contributed by atoms with Crippen LogP contribution in [-0.2, 0) is 11.2 Å². The van der Waals surface area contributed by atoms with Gasteiger partial charge in [-0.1, -0.05) is 35.5 Å². The summed E-state index contributed by atoms with van der Waals surface area (Å²) in [6, 6.07) is 10.0. The smallest absolute Gasteiger partial charge is 0.230 e. The maximum absolute atomic E-state index is 5.92. The van der Waals surface area contributed by atoms with Crippen molar-refractivity contribution < 1.29 is 9.26 Å². The third kappa shape index (κ3) is 2.85. The summed E-state index contributed by atoms with van der Waals surface area (Å²) in [7, 11) is 0. The lowest BCUT2D eigenvalue weighted by Crippen LogP contribution is -2.19. The monoisotopic (exact) mass is 272 g/mol. The van der Waals surface area contributed by atoms with Crippen molar-refractivity contribution in [3.8, 4) is 11.1 Å². The normalized spacial score (nSPS) is 19.1. The van der Waals surface area contributed by atoms with Crippen molar-refractivity contribution in [1.82, 2.24) is 5.16 Å². The number of benzene rings is 1. The van der Waals surface area contributed by atoms with Crippen molar-refractivity contribution in [3.63, 3.8) is 0 Å². The van der Waals surface area contributed by atoms with Crippen molar-refractivity contribution in [2.24, 2.45) is 0 Å². The highest BCUT2D eigenvalue weighted by molar-refractivity contribution is 5.74. The van der Waals surface area contributed by atoms with E-state index in [0.29, 0.717) is 12.0 Å². The Kier molecular flexibility index (Phi) is 4.02. The molecular formula is C16H20N2O2. The van der Waals surface area contributed by atoms with Gasteiger partial charge in [0.1, 0.15) is 0 Å². The van der Waals surface area contributed by atoms with Gasteiger partial charge in [0.2, 0.25) is 5.88 Å². The lowest BCUT2D eigenvalue weighted by atomic mass is 9.99. The van der Waals surface area contributed by atoms with Gasteiger partial charge in [-0.2, -0.15) is 0 Å². The largest absolute Gasteiger partial charge is 0.378 e. The van der Waals surface area contributed by atoms with E-state index in [-0.39, 0.29) is 0 Å². The van der Waals surface area contributed by atoms with Crippen LogP contribution in [0.5, 0.6) is 0 Å². The second kappa shape index (κ2) is 6.09. The van der Waals surface area contributed by atoms with Crippen molar-refractivity contribution in [2.45, 2.75) is 38.2 Å². The predicted octanol–water partition coefficient (Wildman–Crippen LogP) is 3.43. The molecule has 106 valence electrons. The molecule has 4 nitrogen and oxygen atoms in total. The van der Waals surface area contributed by atoms with Crippen LogP contribution >= 0.6 is 0 Å². The molecule has 1 unspecified atom stereocenters. The van der Waals surface area contributed by atoms with Crippen LogP contribution < -0.4 is 5.73 Å². The minimum absolute atomic E-state index is 0.352. The SMILES string of the molecule is Nc1onc(CCC2CCCCO2)c1-c1ccccc1. The number of nitrogens with two attached hydrogens (primary N) is 1. The quantitative estimate of drug-likeness (QED) is 0.926. The van der Waals surface area contributed by atoms with Gasteiger partial charge in [-0.05, 0) is 37.7 Å². The van der Waals surface area contributed by atoms with E-state index in [1.807, 2.05) is 30.3 Å². The molecule has 1 aromatic heterocycles. The Hall–Kier alpha value is -1.81. The average Bonchev–Trinajstić information content (AvgIpc) is 2.88. The molecule has 1 fully saturated rings. The first-order valence-corrected chi connectivity index (χ1v) is 7.25. The molecular weight excluding hydrogens is 252 g/mol. The van der Waals surface area contributed by atoms with E-state index in [2.05, 4.69) is 5.16 Å². The summed E-state index contributed by atoms with van der Waals surface area (Å²) in [5, 5.41) is 4.12. The molecule has 1 aliphatic rings. The number of aryl methyl sites for hydroxylation is 1. The molecule has 0 saturated carbocycles. The van der Waals surface area contributed by atoms with Crippen LogP contribution in [0.3, 0.4) is 0 Å². The molecule has 1 aromatic carbocycles. The molecule has 0 bridgehead atoms. The number of anilines is 1. The van der Waals surface area contributed by atoms with Crippen molar-refractivity contribution in [2.75, 3.05) is 12.3 Å². The maximum Gasteiger partial charge on any atom is 0.230 e. The highest BCUT2D eigenvalue weighted by atomic mass is 16.5. The number of hydrogen-bond donors (Lipinski definition) is 1. The fraction of sp³-hybridized carbons (Fsp3) is 0.438. The van der Waals surface area contributed by atoms with Crippen LogP contribution in [0.25, 0.3) is 11.1 Å². The van der Waals surface area contributed by atoms with E-state index >= 15 is 0 Å². The van der Waals surface area contributed by atoms with Crippen molar-refractivity contribution in [1.29, 1.82) is 0 Å². The van der Waals surface area contributed by atoms with Gasteiger partial charge in [0.25, 0.3) is 0 Å². The fourth-order valence-corrected chi connectivity index (χ4v) is 2.75. The molecule has 0 aliphatic carbocycles. The number of rotatable bonds is 4. The highest BCUT2D eigenvalue weighted by Gasteiger charge is 2.19. The third-order valence-corrected chi connectivity index (χ3v) is 3.83. The fourth-order valence-electron chi connectivity index (χ4n) is 2.75. The minimum Gasteiger partial charge on any atom is -0.378 e. The molecule has 20 heavy (non-hydrogen) atoms. The van der Waals surface area contributed by atoms with Gasteiger partial charge in [-0.25, -0.2) is 0 Å². The second-order valence-electron chi connectivity index (χ2n) is 5.26. The van der Waals surface area contributed by atoms with E-state index in [1.54, 1.807) is 0 Å². The van der Waals surface area contributed by atoms with E-state index in [4.69, 9.17) is 15.0 Å². The van der Waals surface area contributed by atoms with Gasteiger partial charge >= 0.3 is 0 Å². The number of aromatic nitrogens is 1. The van der Waals surface area contributed by atoms with Gasteiger partial charge < -0.3 is 15.0 Å². The summed E-state index contributed by atoms with van der Waals surface area (Å²) in [6.45, 7) is 0.886. The molecule has 1 saturated heterocycles. The van der Waals surface area contributed by atoms with Crippen LogP contribution in [0, 0.1) is 0 Å². The zero-order valence-electron chi connectivity index (χ0n) is 11.5. The summed E-state index contributed by atoms with van der Waals surface area (Å²) in [4.78, 5) is 0. The van der Waals surface area contributed by atoms with Crippen LogP contribution in [0.2, 0.25) is 0 Å². The molecule has 0 amide bonds. The topological polar surface area (TPSA) is 61.3 Å². The first-order valence-electron chi connectivity index (χ1n) is 7.25. The second-order valence-corrected chi connectivity index (χ2v) is 5.26. The Bertz CT molecular complexity index is 545. The van der Waals surface area contributed by atoms with Gasteiger partial charge in [0.05, 0.1) is 17.4 Å². The van der Waals surface area contributed by atoms with E-state index in [9.17, 15) is 0 Å². The molecule has 2 aromatic rings. The standard InChI is InChI=1S/C16H20N2O2/c17-16-15(12-6-2-1-3-7-12)14(18-20-16)10-9-13-8-4-5-11-19-13/h1-3,6-7,13H,4-5,8-11,17H2. The molecule has 3 rings (SSSR count). The Balaban J connectivity index is 1.74. The summed E-state index contributed by atoms with van der Waals surface area (Å²) in [5.41, 5.74) is 8.85. The minimum atomic E-state index is 0.352. The lowest BCUT2D eigenvalue weighted by Gasteiger charge is -2.22. The Morgan fingerprint density at radius 1 is 1.20 bits per heavy atom. The third-order valence-electron chi connectivity index (χ3n) is 3.83. The van der Waals surface area contributed by atoms with Gasteiger partial charge in [-0.3, -0.25) is 0 Å². The molecule has 2 heterocycles. The molecule has 1 atom stereocenters. The number of hydrogen-bond acceptors (Lipinski definition) is 4. The summed E-state index contributed by atoms with van der Waals surface area (Å²) in [6.07, 6.45) is 5.76. The van der Waals surface area contributed by atoms with E-state index in [1.165, 1.54) is 12.8 Å². The van der Waals surface area contributed by atoms with Crippen molar-refractivity contribution in [3.05, 3.63) is 36.0 Å². The van der Waals surface area contributed by atoms with E-state index < -0.39 is 0 Å². The Labute approximate surface area is 118 Å². The van der Waals surface area contributed by atoms with Crippen molar-refractivity contribution >= 4 is 5.88 Å². The van der Waals surface area contributed by atoms with E-state index in [0.717, 1.165) is 42.7 Å². The Morgan fingerprint density at radius 2 is 2.05 bits per heavy atom. The van der Waals surface area contributed by atoms with Gasteiger partial charge in [-0.15, -0.1) is 0 Å². The van der Waals surface area contributed by atoms with Gasteiger partial charge in [0, 0.05) is 6.61 Å². The molecule has 0 radical (unpaired) electrons. The van der Waals surface area contributed by atoms with Crippen LogP contribution in [0.1, 0.15) is 31.4 Å².